The Morgan fingerprint density at radius 2 is 0.870 bits per heavy atom. The molecule has 32 heteroatoms. The van der Waals surface area contributed by atoms with Gasteiger partial charge in [-0.1, -0.05) is 183 Å². The van der Waals surface area contributed by atoms with Crippen LogP contribution in [-0.4, -0.2) is 193 Å². The monoisotopic (exact) mass is 1920 g/mol. The quantitative estimate of drug-likeness (QED) is 0.0158. The number of sulfonamides is 1. The van der Waals surface area contributed by atoms with E-state index in [4.69, 9.17) is 35.1 Å². The van der Waals surface area contributed by atoms with Gasteiger partial charge in [-0.3, -0.25) is 33.9 Å². The Bertz CT molecular complexity index is 6160. The Kier molecular flexibility index (Phi) is 40.2. The number of amides is 1. The topological polar surface area (TPSA) is 443 Å². The average Bonchev–Trinajstić information content (AvgIpc) is 1.62. The molecule has 1 aliphatic rings. The molecule has 8 atom stereocenters. The molecule has 1 amide bonds. The third kappa shape index (κ3) is 31.3. The fourth-order valence-electron chi connectivity index (χ4n) is 16.0. The molecule has 0 unspecified atom stereocenters. The summed E-state index contributed by atoms with van der Waals surface area (Å²) in [6.07, 6.45) is 1.69. The van der Waals surface area contributed by atoms with Gasteiger partial charge in [0, 0.05) is 107 Å². The summed E-state index contributed by atoms with van der Waals surface area (Å²) in [4.78, 5) is 76.0. The van der Waals surface area contributed by atoms with E-state index in [-0.39, 0.29) is 91.6 Å². The molecule has 0 spiro atoms. The number of aliphatic hydroxyl groups is 8. The number of aromatic nitrogens is 5. The first-order valence-electron chi connectivity index (χ1n) is 45.3. The highest BCUT2D eigenvalue weighted by molar-refractivity contribution is 7.92. The normalized spacial score (nSPS) is 14.0. The molecule has 13 N–H and O–H groups in total. The number of hydrogen-bond donors (Lipinski definition) is 13. The van der Waals surface area contributed by atoms with Crippen molar-refractivity contribution in [3.8, 4) is 55.9 Å². The number of pyridine rings is 2. The summed E-state index contributed by atoms with van der Waals surface area (Å²) in [6, 6.07) is 50.6. The van der Waals surface area contributed by atoms with Crippen molar-refractivity contribution in [3.63, 3.8) is 0 Å². The maximum atomic E-state index is 14.0. The summed E-state index contributed by atoms with van der Waals surface area (Å²) >= 11 is 0. The van der Waals surface area contributed by atoms with Crippen molar-refractivity contribution < 1.29 is 116 Å². The molecule has 4 aromatic heterocycles. The molecule has 11 aromatic rings. The van der Waals surface area contributed by atoms with Crippen molar-refractivity contribution in [1.29, 1.82) is 0 Å². The smallest absolute Gasteiger partial charge is 0.305 e. The molecule has 0 aliphatic heterocycles. The second-order valence-electron chi connectivity index (χ2n) is 35.2. The number of ether oxygens (including phenoxy) is 1. The number of para-hydroxylation sites is 2. The van der Waals surface area contributed by atoms with Crippen LogP contribution in [0.2, 0.25) is 0 Å². The highest BCUT2D eigenvalue weighted by Gasteiger charge is 2.34. The molecule has 1 aliphatic carbocycles. The summed E-state index contributed by atoms with van der Waals surface area (Å²) in [6.45, 7) is 16.4. The number of nitrogens with one attached hydrogen (secondary N) is 1. The van der Waals surface area contributed by atoms with Gasteiger partial charge in [-0.15, -0.1) is 0 Å². The molecule has 7 aromatic carbocycles. The zero-order chi connectivity index (χ0) is 101. The van der Waals surface area contributed by atoms with E-state index in [0.29, 0.717) is 63.1 Å². The summed E-state index contributed by atoms with van der Waals surface area (Å²) in [5.41, 5.74) is 16.1. The highest BCUT2D eigenvalue weighted by atomic mass is 32.2. The van der Waals surface area contributed by atoms with E-state index >= 15 is 0 Å². The van der Waals surface area contributed by atoms with Gasteiger partial charge in [-0.25, -0.2) is 40.3 Å². The van der Waals surface area contributed by atoms with Crippen LogP contribution >= 0.6 is 0 Å². The van der Waals surface area contributed by atoms with Crippen LogP contribution in [0.1, 0.15) is 217 Å². The van der Waals surface area contributed by atoms with Crippen molar-refractivity contribution in [3.05, 3.63) is 280 Å². The van der Waals surface area contributed by atoms with Crippen LogP contribution in [-0.2, 0) is 47.1 Å². The van der Waals surface area contributed by atoms with Gasteiger partial charge < -0.3 is 75.9 Å². The standard InChI is InChI=1S/C33H35FN2O5.C26H34FNO5.C25H24FNO4.C22H28FN3O6S/c1-21(2)31-30(33(41)35-25-11-7-4-8-12-25)29(22-9-5-3-6-10-22)32(23-13-15-24(34)16-14-23)36(31)18-17-26(37)19-27(38)20-28(39)40;1-15(2)25-21(11-10-19(29)12-20(30)13-23(31)32)24(17-6-8-18(27)9-7-17)22(14-33-5)26(28-25)16(3)4;26-17-9-7-15(8-10-17)24-20-3-1-2-4-22(20)27-25(16-5-6-16)21(24)12-11-18(28)13-19(29)14-23(30)31;1-13(2)20-18(10-9-16(27)11-17(28)12-19(29)30)21(14-5-7-15(23)8-6-14)25-22(24-20)26(3)33(4,31)32/h3-16,21,26-27,37-38H,17-20H2,1-2H3,(H,35,41)(H,39,40);6-11,15-16,19-20,29-30H,12-14H2,1-5H3,(H,31,32);1-4,7-12,16,18-19,28-29H,5-6,13-14H2,(H,30,31);5-10,13,16-17,27-28H,11-12H2,1-4H3,(H,29,30)/b;11-10+;12-11+;10-9+/t26-,27-;19-,20-;18-,19-;16-,17-/m1111/s1. The van der Waals surface area contributed by atoms with Gasteiger partial charge in [0.2, 0.25) is 16.0 Å². The van der Waals surface area contributed by atoms with E-state index in [1.165, 1.54) is 85.9 Å². The first-order valence-corrected chi connectivity index (χ1v) is 47.2. The fraction of sp³-hybridized carbons (Fsp3) is 0.349. The van der Waals surface area contributed by atoms with Crippen molar-refractivity contribution in [1.82, 2.24) is 24.5 Å². The van der Waals surface area contributed by atoms with Crippen LogP contribution in [0, 0.1) is 23.3 Å². The number of aliphatic hydroxyl groups excluding tert-OH is 8. The molecule has 12 rings (SSSR count). The molecule has 0 bridgehead atoms. The molecule has 0 radical (unpaired) electrons. The first-order chi connectivity index (χ1) is 65.4. The number of carbonyl (C=O) groups excluding carboxylic acids is 1. The molecule has 1 fully saturated rings. The number of carboxylic acid groups (broad SMARTS) is 4. The van der Waals surface area contributed by atoms with Gasteiger partial charge in [0.25, 0.3) is 5.91 Å². The minimum Gasteiger partial charge on any atom is -0.481 e. The molecular weight excluding hydrogens is 1800 g/mol. The molecule has 27 nitrogen and oxygen atoms in total. The maximum absolute atomic E-state index is 14.0. The average molecular weight is 1920 g/mol. The third-order valence-corrected chi connectivity index (χ3v) is 23.7. The van der Waals surface area contributed by atoms with Gasteiger partial charge in [0.15, 0.2) is 0 Å². The molecule has 0 saturated heterocycles. The minimum absolute atomic E-state index is 0.0601. The largest absolute Gasteiger partial charge is 0.481 e. The number of aliphatic carboxylic acids is 4. The molecule has 1 saturated carbocycles. The van der Waals surface area contributed by atoms with Crippen LogP contribution in [0.25, 0.3) is 85.0 Å². The number of methoxy groups -OCH3 is 1. The zero-order valence-corrected chi connectivity index (χ0v) is 79.5. The first kappa shape index (κ1) is 109. The Balaban J connectivity index is 0.000000207. The molecule has 138 heavy (non-hydrogen) atoms. The number of carbonyl (C=O) groups is 5. The summed E-state index contributed by atoms with van der Waals surface area (Å²) < 4.78 is 87.3. The number of fused-ring (bicyclic) bond motifs is 1. The molecular formula is C106H121F4N7O20S. The van der Waals surface area contributed by atoms with Crippen LogP contribution in [0.3, 0.4) is 0 Å². The summed E-state index contributed by atoms with van der Waals surface area (Å²) in [7, 11) is -0.717. The lowest BCUT2D eigenvalue weighted by atomic mass is 9.87. The second kappa shape index (κ2) is 51.0. The SMILES string of the molecule is CC(C)c1c(C(=O)Nc2ccccc2)c(-c2ccccc2)c(-c2ccc(F)cc2)n1CC[C@@H](O)C[C@@H](O)CC(=O)O.CC(C)c1nc(N(C)S(C)(=O)=O)nc(-c2ccc(F)cc2)c1/C=C/[C@@H](O)C[C@@H](O)CC(=O)O.COCc1c(C(C)C)nc(C(C)C)c(/C=C/[C@@H](O)C[C@@H](O)CC(=O)O)c1-c1ccc(F)cc1.O=C(O)C[C@H](O)C[C@H](O)/C=C/c1c(C2CC2)nc2ccccc2c1-c1ccc(F)cc1. The van der Waals surface area contributed by atoms with E-state index in [0.717, 1.165) is 102 Å². The Labute approximate surface area is 800 Å². The highest BCUT2D eigenvalue weighted by Crippen LogP contribution is 2.47. The van der Waals surface area contributed by atoms with E-state index in [2.05, 4.69) is 29.1 Å². The van der Waals surface area contributed by atoms with Crippen LogP contribution < -0.4 is 9.62 Å². The van der Waals surface area contributed by atoms with Gasteiger partial charge in [-0.05, 0) is 168 Å². The number of benzene rings is 7. The van der Waals surface area contributed by atoms with Gasteiger partial charge in [0.1, 0.15) is 23.3 Å². The number of rotatable bonds is 41. The minimum atomic E-state index is -3.65. The van der Waals surface area contributed by atoms with Gasteiger partial charge in [0.05, 0.1) is 127 Å². The third-order valence-electron chi connectivity index (χ3n) is 22.5. The van der Waals surface area contributed by atoms with Gasteiger partial charge in [-0.2, -0.15) is 0 Å². The number of carboxylic acids is 4. The van der Waals surface area contributed by atoms with E-state index < -0.39 is 114 Å². The fourth-order valence-corrected chi connectivity index (χ4v) is 16.3. The lowest BCUT2D eigenvalue weighted by Gasteiger charge is -2.23. The zero-order valence-electron chi connectivity index (χ0n) is 78.7. The Morgan fingerprint density at radius 1 is 0.464 bits per heavy atom. The van der Waals surface area contributed by atoms with Gasteiger partial charge >= 0.3 is 23.9 Å². The predicted octanol–water partition coefficient (Wildman–Crippen LogP) is 18.1. The second-order valence-corrected chi connectivity index (χ2v) is 37.2. The Hall–Kier alpha value is -12.9. The van der Waals surface area contributed by atoms with Crippen molar-refractivity contribution >= 4 is 80.6 Å². The number of halogens is 4. The Morgan fingerprint density at radius 3 is 1.31 bits per heavy atom. The maximum Gasteiger partial charge on any atom is 0.305 e. The number of nitrogens with zero attached hydrogens (tertiary/aromatic N) is 6. The van der Waals surface area contributed by atoms with E-state index in [1.807, 2.05) is 131 Å². The summed E-state index contributed by atoms with van der Waals surface area (Å²) in [5, 5.41) is 121. The van der Waals surface area contributed by atoms with Crippen LogP contribution in [0.5, 0.6) is 0 Å². The van der Waals surface area contributed by atoms with Crippen LogP contribution in [0.15, 0.2) is 200 Å². The lowest BCUT2D eigenvalue weighted by Crippen LogP contribution is -2.27. The van der Waals surface area contributed by atoms with Crippen LogP contribution in [0.4, 0.5) is 29.2 Å². The van der Waals surface area contributed by atoms with E-state index in [1.54, 1.807) is 61.7 Å². The predicted molar refractivity (Wildman–Crippen MR) is 523 cm³/mol. The lowest BCUT2D eigenvalue weighted by molar-refractivity contribution is -0.140. The van der Waals surface area contributed by atoms with E-state index in [9.17, 15) is 90.8 Å². The number of hydrogen-bond acceptors (Lipinski definition) is 20. The van der Waals surface area contributed by atoms with Crippen molar-refractivity contribution in [2.75, 3.05) is 30.0 Å². The molecule has 4 heterocycles. The number of anilines is 2. The van der Waals surface area contributed by atoms with Crippen molar-refractivity contribution in [2.24, 2.45) is 0 Å². The molecule has 734 valence electrons. The summed E-state index contributed by atoms with van der Waals surface area (Å²) in [5.74, 6) is -6.18. The van der Waals surface area contributed by atoms with Crippen molar-refractivity contribution in [2.45, 2.75) is 218 Å².